The van der Waals surface area contributed by atoms with Gasteiger partial charge in [0, 0.05) is 11.3 Å². The molecule has 6 heteroatoms. The number of hydrogen-bond acceptors (Lipinski definition) is 3. The van der Waals surface area contributed by atoms with Gasteiger partial charge in [-0.05, 0) is 55.7 Å². The van der Waals surface area contributed by atoms with Gasteiger partial charge in [0.15, 0.2) is 0 Å². The Bertz CT molecular complexity index is 671. The maximum absolute atomic E-state index is 12.5. The van der Waals surface area contributed by atoms with Crippen LogP contribution in [0.2, 0.25) is 0 Å². The molecule has 0 atom stereocenters. The zero-order valence-electron chi connectivity index (χ0n) is 13.3. The van der Waals surface area contributed by atoms with Gasteiger partial charge in [0.1, 0.15) is 0 Å². The number of nitrogens with one attached hydrogen (secondary N) is 1. The van der Waals surface area contributed by atoms with E-state index in [1.54, 1.807) is 19.1 Å². The molecule has 1 aromatic rings. The van der Waals surface area contributed by atoms with Gasteiger partial charge in [-0.25, -0.2) is 8.42 Å². The Morgan fingerprint density at radius 3 is 2.41 bits per heavy atom. The monoisotopic (exact) mass is 324 g/mol. The normalized spacial score (nSPS) is 18.9. The standard InChI is InChI=1S/C16H24N2O3S/c1-11-4-5-12(10-14(11)15(17)19)18-22(20,21)13-6-8-16(2,3)9-7-13/h4-5,10,13,18H,6-9H2,1-3H3,(H2,17,19). The lowest BCUT2D eigenvalue weighted by molar-refractivity contribution is 0.0999. The third-order valence-electron chi connectivity index (χ3n) is 4.49. The van der Waals surface area contributed by atoms with Crippen molar-refractivity contribution in [1.29, 1.82) is 0 Å². The number of nitrogens with two attached hydrogens (primary N) is 1. The Morgan fingerprint density at radius 1 is 1.27 bits per heavy atom. The van der Waals surface area contributed by atoms with Gasteiger partial charge >= 0.3 is 0 Å². The first-order valence-electron chi connectivity index (χ1n) is 7.53. The second-order valence-electron chi connectivity index (χ2n) is 6.90. The third kappa shape index (κ3) is 3.80. The molecule has 0 aromatic heterocycles. The van der Waals surface area contributed by atoms with Crippen LogP contribution in [0.1, 0.15) is 55.5 Å². The zero-order chi connectivity index (χ0) is 16.5. The number of rotatable bonds is 4. The number of carbonyl (C=O) groups is 1. The summed E-state index contributed by atoms with van der Waals surface area (Å²) in [6.07, 6.45) is 3.13. The zero-order valence-corrected chi connectivity index (χ0v) is 14.2. The Hall–Kier alpha value is -1.56. The lowest BCUT2D eigenvalue weighted by atomic mass is 9.77. The second kappa shape index (κ2) is 5.91. The van der Waals surface area contributed by atoms with Gasteiger partial charge in [-0.3, -0.25) is 9.52 Å². The lowest BCUT2D eigenvalue weighted by Gasteiger charge is -2.33. The fourth-order valence-electron chi connectivity index (χ4n) is 2.88. The Balaban J connectivity index is 2.16. The molecule has 5 nitrogen and oxygen atoms in total. The highest BCUT2D eigenvalue weighted by molar-refractivity contribution is 7.93. The molecule has 1 aliphatic rings. The van der Waals surface area contributed by atoms with Crippen molar-refractivity contribution in [1.82, 2.24) is 0 Å². The summed E-state index contributed by atoms with van der Waals surface area (Å²) in [5.74, 6) is -0.557. The van der Waals surface area contributed by atoms with Gasteiger partial charge in [-0.2, -0.15) is 0 Å². The van der Waals surface area contributed by atoms with E-state index in [4.69, 9.17) is 5.73 Å². The second-order valence-corrected chi connectivity index (χ2v) is 8.87. The molecule has 0 bridgehead atoms. The predicted octanol–water partition coefficient (Wildman–Crippen LogP) is 2.80. The molecule has 1 fully saturated rings. The van der Waals surface area contributed by atoms with Gasteiger partial charge in [0.05, 0.1) is 5.25 Å². The summed E-state index contributed by atoms with van der Waals surface area (Å²) in [5.41, 5.74) is 6.98. The summed E-state index contributed by atoms with van der Waals surface area (Å²) >= 11 is 0. The molecule has 0 saturated heterocycles. The van der Waals surface area contributed by atoms with E-state index < -0.39 is 15.9 Å². The molecular formula is C16H24N2O3S. The molecule has 0 unspecified atom stereocenters. The molecule has 122 valence electrons. The van der Waals surface area contributed by atoms with Crippen molar-refractivity contribution in [3.8, 4) is 0 Å². The molecule has 0 spiro atoms. The van der Waals surface area contributed by atoms with Crippen molar-refractivity contribution in [3.05, 3.63) is 29.3 Å². The Labute approximate surface area is 132 Å². The quantitative estimate of drug-likeness (QED) is 0.892. The highest BCUT2D eigenvalue weighted by Gasteiger charge is 2.34. The molecule has 1 saturated carbocycles. The molecule has 22 heavy (non-hydrogen) atoms. The molecule has 3 N–H and O–H groups in total. The first-order chi connectivity index (χ1) is 10.1. The number of hydrogen-bond donors (Lipinski definition) is 2. The third-order valence-corrected chi connectivity index (χ3v) is 6.36. The molecule has 1 aliphatic carbocycles. The van der Waals surface area contributed by atoms with Crippen LogP contribution in [0.4, 0.5) is 5.69 Å². The number of primary amides is 1. The SMILES string of the molecule is Cc1ccc(NS(=O)(=O)C2CCC(C)(C)CC2)cc1C(N)=O. The van der Waals surface area contributed by atoms with E-state index in [1.165, 1.54) is 6.07 Å². The van der Waals surface area contributed by atoms with E-state index in [2.05, 4.69) is 18.6 Å². The minimum Gasteiger partial charge on any atom is -0.366 e. The number of sulfonamides is 1. The van der Waals surface area contributed by atoms with Crippen molar-refractivity contribution >= 4 is 21.6 Å². The minimum atomic E-state index is -3.44. The van der Waals surface area contributed by atoms with E-state index >= 15 is 0 Å². The smallest absolute Gasteiger partial charge is 0.249 e. The van der Waals surface area contributed by atoms with E-state index in [0.717, 1.165) is 18.4 Å². The maximum Gasteiger partial charge on any atom is 0.249 e. The van der Waals surface area contributed by atoms with Crippen LogP contribution in [0, 0.1) is 12.3 Å². The van der Waals surface area contributed by atoms with Gasteiger partial charge in [0.25, 0.3) is 0 Å². The maximum atomic E-state index is 12.5. The fourth-order valence-corrected chi connectivity index (χ4v) is 4.36. The predicted molar refractivity (Wildman–Crippen MR) is 88.3 cm³/mol. The van der Waals surface area contributed by atoms with Gasteiger partial charge in [-0.15, -0.1) is 0 Å². The first-order valence-corrected chi connectivity index (χ1v) is 9.07. The van der Waals surface area contributed by atoms with Gasteiger partial charge < -0.3 is 5.73 Å². The van der Waals surface area contributed by atoms with Crippen LogP contribution in [0.5, 0.6) is 0 Å². The molecular weight excluding hydrogens is 300 g/mol. The summed E-state index contributed by atoms with van der Waals surface area (Å²) < 4.78 is 27.6. The Morgan fingerprint density at radius 2 is 1.86 bits per heavy atom. The molecule has 0 aliphatic heterocycles. The number of carbonyl (C=O) groups excluding carboxylic acids is 1. The van der Waals surface area contributed by atoms with Crippen LogP contribution >= 0.6 is 0 Å². The topological polar surface area (TPSA) is 89.3 Å². The van der Waals surface area contributed by atoms with E-state index in [0.29, 0.717) is 24.1 Å². The highest BCUT2D eigenvalue weighted by atomic mass is 32.2. The van der Waals surface area contributed by atoms with Crippen molar-refractivity contribution < 1.29 is 13.2 Å². The summed E-state index contributed by atoms with van der Waals surface area (Å²) in [6.45, 7) is 6.10. The van der Waals surface area contributed by atoms with Crippen molar-refractivity contribution in [2.75, 3.05) is 4.72 Å². The summed E-state index contributed by atoms with van der Waals surface area (Å²) in [7, 11) is -3.44. The fraction of sp³-hybridized carbons (Fsp3) is 0.562. The number of amides is 1. The lowest BCUT2D eigenvalue weighted by Crippen LogP contribution is -2.34. The van der Waals surface area contributed by atoms with Crippen LogP contribution in [0.3, 0.4) is 0 Å². The number of anilines is 1. The summed E-state index contributed by atoms with van der Waals surface area (Å²) in [4.78, 5) is 11.4. The van der Waals surface area contributed by atoms with Crippen molar-refractivity contribution in [2.24, 2.45) is 11.1 Å². The molecule has 0 heterocycles. The van der Waals surface area contributed by atoms with Crippen molar-refractivity contribution in [3.63, 3.8) is 0 Å². The highest BCUT2D eigenvalue weighted by Crippen LogP contribution is 2.37. The first kappa shape index (κ1) is 16.8. The molecule has 0 radical (unpaired) electrons. The van der Waals surface area contributed by atoms with Crippen LogP contribution in [-0.4, -0.2) is 19.6 Å². The van der Waals surface area contributed by atoms with E-state index in [9.17, 15) is 13.2 Å². The number of aryl methyl sites for hydroxylation is 1. The Kier molecular flexibility index (Phi) is 4.52. The van der Waals surface area contributed by atoms with Crippen LogP contribution in [-0.2, 0) is 10.0 Å². The van der Waals surface area contributed by atoms with Crippen LogP contribution < -0.4 is 10.5 Å². The molecule has 2 rings (SSSR count). The minimum absolute atomic E-state index is 0.217. The number of benzene rings is 1. The molecule has 1 aromatic carbocycles. The average molecular weight is 324 g/mol. The summed E-state index contributed by atoms with van der Waals surface area (Å²) in [6, 6.07) is 4.86. The van der Waals surface area contributed by atoms with Gasteiger partial charge in [0.2, 0.25) is 15.9 Å². The van der Waals surface area contributed by atoms with Crippen molar-refractivity contribution in [2.45, 2.75) is 51.7 Å². The van der Waals surface area contributed by atoms with Gasteiger partial charge in [-0.1, -0.05) is 19.9 Å². The van der Waals surface area contributed by atoms with Crippen LogP contribution in [0.25, 0.3) is 0 Å². The summed E-state index contributed by atoms with van der Waals surface area (Å²) in [5, 5.41) is -0.376. The van der Waals surface area contributed by atoms with E-state index in [-0.39, 0.29) is 10.7 Å². The molecule has 1 amide bonds. The van der Waals surface area contributed by atoms with E-state index in [1.807, 2.05) is 0 Å². The average Bonchev–Trinajstić information content (AvgIpc) is 2.40. The largest absolute Gasteiger partial charge is 0.366 e. The van der Waals surface area contributed by atoms with Crippen LogP contribution in [0.15, 0.2) is 18.2 Å².